The van der Waals surface area contributed by atoms with Crippen LogP contribution < -0.4 is 5.32 Å². The van der Waals surface area contributed by atoms with Gasteiger partial charge in [-0.25, -0.2) is 0 Å². The first-order valence-corrected chi connectivity index (χ1v) is 29.7. The number of ether oxygens (including phenoxy) is 1. The van der Waals surface area contributed by atoms with Crippen molar-refractivity contribution in [3.63, 3.8) is 0 Å². The molecule has 0 heterocycles. The van der Waals surface area contributed by atoms with E-state index in [1.54, 1.807) is 0 Å². The van der Waals surface area contributed by atoms with Crippen molar-refractivity contribution in [3.05, 3.63) is 36.5 Å². The zero-order valence-corrected chi connectivity index (χ0v) is 45.0. The molecule has 0 saturated carbocycles. The molecule has 0 aromatic heterocycles. The van der Waals surface area contributed by atoms with E-state index in [1.807, 2.05) is 0 Å². The van der Waals surface area contributed by atoms with Crippen molar-refractivity contribution in [3.8, 4) is 0 Å². The van der Waals surface area contributed by atoms with Gasteiger partial charge in [0, 0.05) is 6.42 Å². The fourth-order valence-corrected chi connectivity index (χ4v) is 9.16. The number of carbonyl (C=O) groups is 2. The lowest BCUT2D eigenvalue weighted by atomic mass is 10.0. The van der Waals surface area contributed by atoms with Crippen LogP contribution in [0, 0.1) is 0 Å². The minimum atomic E-state index is -0.791. The number of allylic oxidation sites excluding steroid dienone is 6. The molecular formula is C61H115NO5. The molecule has 3 N–H and O–H groups in total. The molecule has 0 aliphatic heterocycles. The van der Waals surface area contributed by atoms with E-state index in [1.165, 1.54) is 205 Å². The van der Waals surface area contributed by atoms with Crippen LogP contribution in [0.25, 0.3) is 0 Å². The average Bonchev–Trinajstić information content (AvgIpc) is 3.32. The van der Waals surface area contributed by atoms with Gasteiger partial charge in [0.1, 0.15) is 6.10 Å². The Kier molecular flexibility index (Phi) is 53.4. The van der Waals surface area contributed by atoms with Crippen LogP contribution in [0.5, 0.6) is 0 Å². The lowest BCUT2D eigenvalue weighted by Crippen LogP contribution is -2.46. The average molecular weight is 943 g/mol. The standard InChI is InChI=1S/C61H115NO5/c1-4-7-10-13-16-19-22-25-27-29-30-31-33-36-39-42-45-48-51-54-61(66)67-57(52-49-46-43-40-37-35-32-28-26-23-20-17-14-11-8-5-2)55-60(65)62-58(56-63)59(64)53-50-47-44-41-38-34-24-21-18-15-12-9-6-3/h16,19,25,27,35,37,57-59,63-64H,4-15,17-18,20-24,26,28-34,36,38-56H2,1-3H3,(H,62,65)/b19-16-,27-25-,37-35+. The Hall–Kier alpha value is -1.92. The van der Waals surface area contributed by atoms with E-state index in [0.29, 0.717) is 19.3 Å². The second-order valence-corrected chi connectivity index (χ2v) is 20.4. The summed E-state index contributed by atoms with van der Waals surface area (Å²) >= 11 is 0. The van der Waals surface area contributed by atoms with Crippen molar-refractivity contribution in [1.82, 2.24) is 5.32 Å². The van der Waals surface area contributed by atoms with Crippen molar-refractivity contribution in [2.75, 3.05) is 6.61 Å². The van der Waals surface area contributed by atoms with E-state index in [9.17, 15) is 19.8 Å². The number of amides is 1. The topological polar surface area (TPSA) is 95.9 Å². The van der Waals surface area contributed by atoms with E-state index in [0.717, 1.165) is 64.2 Å². The molecule has 0 radical (unpaired) electrons. The molecule has 3 atom stereocenters. The van der Waals surface area contributed by atoms with Crippen LogP contribution in [-0.4, -0.2) is 46.9 Å². The van der Waals surface area contributed by atoms with Gasteiger partial charge in [-0.05, 0) is 83.5 Å². The van der Waals surface area contributed by atoms with Crippen LogP contribution in [0.3, 0.4) is 0 Å². The van der Waals surface area contributed by atoms with Crippen molar-refractivity contribution in [2.45, 2.75) is 334 Å². The van der Waals surface area contributed by atoms with Crippen LogP contribution in [0.1, 0.15) is 316 Å². The van der Waals surface area contributed by atoms with Gasteiger partial charge in [0.05, 0.1) is 25.2 Å². The van der Waals surface area contributed by atoms with E-state index in [4.69, 9.17) is 4.74 Å². The molecule has 394 valence electrons. The van der Waals surface area contributed by atoms with Crippen LogP contribution in [0.4, 0.5) is 0 Å². The van der Waals surface area contributed by atoms with Gasteiger partial charge < -0.3 is 20.3 Å². The maximum atomic E-state index is 13.3. The summed E-state index contributed by atoms with van der Waals surface area (Å²) in [5.74, 6) is -0.478. The van der Waals surface area contributed by atoms with Gasteiger partial charge in [-0.1, -0.05) is 256 Å². The normalized spacial score (nSPS) is 13.3. The maximum absolute atomic E-state index is 13.3. The number of esters is 1. The number of hydrogen-bond acceptors (Lipinski definition) is 5. The third-order valence-electron chi connectivity index (χ3n) is 13.7. The Balaban J connectivity index is 4.55. The molecule has 0 spiro atoms. The van der Waals surface area contributed by atoms with E-state index >= 15 is 0 Å². The highest BCUT2D eigenvalue weighted by atomic mass is 16.5. The minimum absolute atomic E-state index is 0.0686. The molecule has 0 saturated heterocycles. The van der Waals surface area contributed by atoms with Crippen molar-refractivity contribution < 1.29 is 24.5 Å². The van der Waals surface area contributed by atoms with Crippen molar-refractivity contribution in [1.29, 1.82) is 0 Å². The van der Waals surface area contributed by atoms with Crippen molar-refractivity contribution >= 4 is 11.9 Å². The summed E-state index contributed by atoms with van der Waals surface area (Å²) in [7, 11) is 0. The van der Waals surface area contributed by atoms with E-state index < -0.39 is 18.2 Å². The molecule has 0 bridgehead atoms. The number of hydrogen-bond donors (Lipinski definition) is 3. The number of rotatable bonds is 54. The van der Waals surface area contributed by atoms with E-state index in [-0.39, 0.29) is 24.9 Å². The van der Waals surface area contributed by atoms with Crippen molar-refractivity contribution in [2.24, 2.45) is 0 Å². The van der Waals surface area contributed by atoms with Gasteiger partial charge in [0.15, 0.2) is 0 Å². The predicted octanol–water partition coefficient (Wildman–Crippen LogP) is 18.4. The second-order valence-electron chi connectivity index (χ2n) is 20.4. The molecule has 0 aromatic carbocycles. The predicted molar refractivity (Wildman–Crippen MR) is 292 cm³/mol. The fourth-order valence-electron chi connectivity index (χ4n) is 9.16. The Morgan fingerprint density at radius 1 is 0.433 bits per heavy atom. The first-order valence-electron chi connectivity index (χ1n) is 29.7. The van der Waals surface area contributed by atoms with Gasteiger partial charge in [-0.2, -0.15) is 0 Å². The van der Waals surface area contributed by atoms with Gasteiger partial charge in [0.25, 0.3) is 0 Å². The highest BCUT2D eigenvalue weighted by Gasteiger charge is 2.24. The fraction of sp³-hybridized carbons (Fsp3) is 0.869. The Morgan fingerprint density at radius 3 is 1.19 bits per heavy atom. The molecule has 0 aromatic rings. The zero-order chi connectivity index (χ0) is 48.8. The Bertz CT molecular complexity index is 1100. The van der Waals surface area contributed by atoms with Gasteiger partial charge >= 0.3 is 5.97 Å². The summed E-state index contributed by atoms with van der Waals surface area (Å²) in [4.78, 5) is 26.3. The minimum Gasteiger partial charge on any atom is -0.462 e. The Labute approximate surface area is 417 Å². The number of unbranched alkanes of at least 4 members (excludes halogenated alkanes) is 36. The number of nitrogens with one attached hydrogen (secondary N) is 1. The monoisotopic (exact) mass is 942 g/mol. The smallest absolute Gasteiger partial charge is 0.306 e. The molecule has 0 aliphatic carbocycles. The molecule has 0 fully saturated rings. The molecule has 0 rings (SSSR count). The number of aliphatic hydroxyl groups is 2. The maximum Gasteiger partial charge on any atom is 0.306 e. The zero-order valence-electron chi connectivity index (χ0n) is 45.0. The van der Waals surface area contributed by atoms with E-state index in [2.05, 4.69) is 62.5 Å². The largest absolute Gasteiger partial charge is 0.462 e. The highest BCUT2D eigenvalue weighted by Crippen LogP contribution is 2.18. The van der Waals surface area contributed by atoms with Crippen LogP contribution in [-0.2, 0) is 14.3 Å². The molecular weight excluding hydrogens is 827 g/mol. The molecule has 0 aliphatic rings. The SMILES string of the molecule is CCCCC/C=C\C/C=C\CCCCCCCCCCCC(=O)OC(CCCCC/C=C/CCCCCCCCCCC)CC(=O)NC(CO)C(O)CCCCCCCCCCCCCCC. The highest BCUT2D eigenvalue weighted by molar-refractivity contribution is 5.77. The van der Waals surface area contributed by atoms with Crippen LogP contribution in [0.15, 0.2) is 36.5 Å². The van der Waals surface area contributed by atoms with Gasteiger partial charge in [-0.3, -0.25) is 9.59 Å². The quantitative estimate of drug-likeness (QED) is 0.0321. The molecule has 6 nitrogen and oxygen atoms in total. The first kappa shape index (κ1) is 65.1. The molecule has 67 heavy (non-hydrogen) atoms. The van der Waals surface area contributed by atoms with Gasteiger partial charge in [0.2, 0.25) is 5.91 Å². The molecule has 6 heteroatoms. The third-order valence-corrected chi connectivity index (χ3v) is 13.7. The summed E-state index contributed by atoms with van der Waals surface area (Å²) in [6, 6.07) is -0.705. The summed E-state index contributed by atoms with van der Waals surface area (Å²) in [5.41, 5.74) is 0. The first-order chi connectivity index (χ1) is 33.0. The lowest BCUT2D eigenvalue weighted by Gasteiger charge is -2.24. The van der Waals surface area contributed by atoms with Crippen LogP contribution >= 0.6 is 0 Å². The van der Waals surface area contributed by atoms with Gasteiger partial charge in [-0.15, -0.1) is 0 Å². The van der Waals surface area contributed by atoms with Crippen LogP contribution in [0.2, 0.25) is 0 Å². The summed E-state index contributed by atoms with van der Waals surface area (Å²) in [6.07, 6.45) is 66.4. The Morgan fingerprint density at radius 2 is 0.761 bits per heavy atom. The number of carbonyl (C=O) groups excluding carboxylic acids is 2. The lowest BCUT2D eigenvalue weighted by molar-refractivity contribution is -0.151. The summed E-state index contributed by atoms with van der Waals surface area (Å²) in [6.45, 7) is 6.49. The molecule has 1 amide bonds. The summed E-state index contributed by atoms with van der Waals surface area (Å²) < 4.78 is 5.96. The second kappa shape index (κ2) is 55.0. The molecule has 3 unspecified atom stereocenters. The summed E-state index contributed by atoms with van der Waals surface area (Å²) in [5, 5.41) is 23.9. The third kappa shape index (κ3) is 50.3. The number of aliphatic hydroxyl groups excluding tert-OH is 2.